The lowest BCUT2D eigenvalue weighted by Gasteiger charge is -2.15. The predicted octanol–water partition coefficient (Wildman–Crippen LogP) is 3.73. The van der Waals surface area contributed by atoms with Crippen LogP contribution >= 0.6 is 15.9 Å². The lowest BCUT2D eigenvalue weighted by molar-refractivity contribution is -0.122. The molecule has 21 heavy (non-hydrogen) atoms. The summed E-state index contributed by atoms with van der Waals surface area (Å²) in [6, 6.07) is 16.1. The van der Waals surface area contributed by atoms with Crippen LogP contribution in [0.1, 0.15) is 12.5 Å². The molecule has 5 heteroatoms. The van der Waals surface area contributed by atoms with Crippen LogP contribution in [-0.4, -0.2) is 12.0 Å². The highest BCUT2D eigenvalue weighted by Crippen LogP contribution is 2.19. The highest BCUT2D eigenvalue weighted by atomic mass is 79.9. The second-order valence-corrected chi connectivity index (χ2v) is 5.28. The van der Waals surface area contributed by atoms with Gasteiger partial charge in [-0.1, -0.05) is 34.1 Å². The minimum absolute atomic E-state index is 0.277. The number of nitrogens with one attached hydrogen (secondary N) is 1. The van der Waals surface area contributed by atoms with Gasteiger partial charge in [0, 0.05) is 10.2 Å². The second kappa shape index (κ2) is 6.91. The zero-order chi connectivity index (χ0) is 15.2. The summed E-state index contributed by atoms with van der Waals surface area (Å²) in [5.74, 6) is 0.123. The monoisotopic (exact) mass is 344 g/mol. The number of carbonyl (C=O) groups excluding carboxylic acids is 1. The Balaban J connectivity index is 2.05. The van der Waals surface area contributed by atoms with E-state index in [-0.39, 0.29) is 5.91 Å². The lowest BCUT2D eigenvalue weighted by Crippen LogP contribution is -2.30. The summed E-state index contributed by atoms with van der Waals surface area (Å²) >= 11 is 3.34. The highest BCUT2D eigenvalue weighted by molar-refractivity contribution is 9.10. The maximum Gasteiger partial charge on any atom is 0.265 e. The van der Waals surface area contributed by atoms with E-state index in [4.69, 9.17) is 10.00 Å². The molecule has 1 N–H and O–H groups in total. The Kier molecular flexibility index (Phi) is 4.96. The summed E-state index contributed by atoms with van der Waals surface area (Å²) in [6.45, 7) is 1.64. The standard InChI is InChI=1S/C16H13BrN2O2/c1-11(21-15-8-3-2-5-12(15)10-18)16(20)19-14-7-4-6-13(17)9-14/h2-9,11H,1H3,(H,19,20)/t11-/m1/s1. The Bertz CT molecular complexity index is 695. The van der Waals surface area contributed by atoms with Gasteiger partial charge in [0.15, 0.2) is 6.10 Å². The molecular formula is C16H13BrN2O2. The van der Waals surface area contributed by atoms with E-state index in [1.165, 1.54) is 0 Å². The van der Waals surface area contributed by atoms with Gasteiger partial charge < -0.3 is 10.1 Å². The SMILES string of the molecule is C[C@@H](Oc1ccccc1C#N)C(=O)Nc1cccc(Br)c1. The zero-order valence-corrected chi connectivity index (χ0v) is 12.9. The van der Waals surface area contributed by atoms with Gasteiger partial charge in [0.1, 0.15) is 11.8 Å². The first kappa shape index (κ1) is 15.1. The Morgan fingerprint density at radius 1 is 1.29 bits per heavy atom. The molecule has 0 saturated carbocycles. The largest absolute Gasteiger partial charge is 0.480 e. The van der Waals surface area contributed by atoms with Crippen molar-refractivity contribution in [3.8, 4) is 11.8 Å². The third-order valence-electron chi connectivity index (χ3n) is 2.77. The van der Waals surface area contributed by atoms with E-state index in [0.29, 0.717) is 17.0 Å². The van der Waals surface area contributed by atoms with Gasteiger partial charge in [-0.25, -0.2) is 0 Å². The van der Waals surface area contributed by atoms with Gasteiger partial charge >= 0.3 is 0 Å². The number of carbonyl (C=O) groups is 1. The second-order valence-electron chi connectivity index (χ2n) is 4.37. The number of amides is 1. The summed E-state index contributed by atoms with van der Waals surface area (Å²) in [7, 11) is 0. The molecule has 0 radical (unpaired) electrons. The number of ether oxygens (including phenoxy) is 1. The molecule has 0 unspecified atom stereocenters. The van der Waals surface area contributed by atoms with E-state index in [1.807, 2.05) is 18.2 Å². The number of hydrogen-bond donors (Lipinski definition) is 1. The van der Waals surface area contributed by atoms with Crippen LogP contribution in [0.2, 0.25) is 0 Å². The van der Waals surface area contributed by atoms with Crippen LogP contribution < -0.4 is 10.1 Å². The maximum absolute atomic E-state index is 12.1. The Hall–Kier alpha value is -2.32. The van der Waals surface area contributed by atoms with Crippen LogP contribution in [0.5, 0.6) is 5.75 Å². The minimum atomic E-state index is -0.710. The highest BCUT2D eigenvalue weighted by Gasteiger charge is 2.16. The van der Waals surface area contributed by atoms with E-state index < -0.39 is 6.10 Å². The van der Waals surface area contributed by atoms with Gasteiger partial charge in [-0.3, -0.25) is 4.79 Å². The summed E-state index contributed by atoms with van der Waals surface area (Å²) in [6.07, 6.45) is -0.710. The number of nitrogens with zero attached hydrogens (tertiary/aromatic N) is 1. The zero-order valence-electron chi connectivity index (χ0n) is 11.3. The van der Waals surface area contributed by atoms with Crippen LogP contribution in [-0.2, 0) is 4.79 Å². The van der Waals surface area contributed by atoms with Crippen molar-refractivity contribution in [3.05, 3.63) is 58.6 Å². The molecule has 0 saturated heterocycles. The summed E-state index contributed by atoms with van der Waals surface area (Å²) in [4.78, 5) is 12.1. The Morgan fingerprint density at radius 2 is 2.05 bits per heavy atom. The molecule has 0 aromatic heterocycles. The summed E-state index contributed by atoms with van der Waals surface area (Å²) in [5, 5.41) is 11.8. The minimum Gasteiger partial charge on any atom is -0.480 e. The van der Waals surface area contributed by atoms with Crippen LogP contribution in [0.4, 0.5) is 5.69 Å². The van der Waals surface area contributed by atoms with E-state index in [1.54, 1.807) is 43.3 Å². The fraction of sp³-hybridized carbons (Fsp3) is 0.125. The van der Waals surface area contributed by atoms with Crippen LogP contribution in [0.15, 0.2) is 53.0 Å². The molecule has 2 aromatic carbocycles. The van der Waals surface area contributed by atoms with Crippen LogP contribution in [0.3, 0.4) is 0 Å². The van der Waals surface area contributed by atoms with Crippen molar-refractivity contribution in [2.45, 2.75) is 13.0 Å². The predicted molar refractivity (Wildman–Crippen MR) is 84.0 cm³/mol. The number of hydrogen-bond acceptors (Lipinski definition) is 3. The first-order chi connectivity index (χ1) is 10.1. The van der Waals surface area contributed by atoms with Crippen LogP contribution in [0, 0.1) is 11.3 Å². The number of nitriles is 1. The number of benzene rings is 2. The summed E-state index contributed by atoms with van der Waals surface area (Å²) in [5.41, 5.74) is 1.08. The van der Waals surface area contributed by atoms with Crippen LogP contribution in [0.25, 0.3) is 0 Å². The molecule has 0 aliphatic heterocycles. The van der Waals surface area contributed by atoms with Crippen molar-refractivity contribution in [1.82, 2.24) is 0 Å². The third-order valence-corrected chi connectivity index (χ3v) is 3.27. The van der Waals surface area contributed by atoms with Crippen molar-refractivity contribution in [2.75, 3.05) is 5.32 Å². The van der Waals surface area contributed by atoms with Crippen molar-refractivity contribution < 1.29 is 9.53 Å². The van der Waals surface area contributed by atoms with Gasteiger partial charge in [-0.05, 0) is 37.3 Å². The van der Waals surface area contributed by atoms with Gasteiger partial charge in [0.25, 0.3) is 5.91 Å². The average molecular weight is 345 g/mol. The summed E-state index contributed by atoms with van der Waals surface area (Å²) < 4.78 is 6.43. The van der Waals surface area contributed by atoms with E-state index in [2.05, 4.69) is 21.2 Å². The quantitative estimate of drug-likeness (QED) is 0.919. The van der Waals surface area contributed by atoms with Gasteiger partial charge in [0.2, 0.25) is 0 Å². The Morgan fingerprint density at radius 3 is 2.76 bits per heavy atom. The smallest absolute Gasteiger partial charge is 0.265 e. The van der Waals surface area contributed by atoms with E-state index >= 15 is 0 Å². The molecule has 0 aliphatic carbocycles. The van der Waals surface area contributed by atoms with Gasteiger partial charge in [-0.15, -0.1) is 0 Å². The Labute approximate surface area is 131 Å². The molecule has 1 atom stereocenters. The van der Waals surface area contributed by atoms with E-state index in [9.17, 15) is 4.79 Å². The van der Waals surface area contributed by atoms with Gasteiger partial charge in [0.05, 0.1) is 5.56 Å². The number of para-hydroxylation sites is 1. The molecule has 0 spiro atoms. The average Bonchev–Trinajstić information content (AvgIpc) is 2.47. The fourth-order valence-electron chi connectivity index (χ4n) is 1.72. The first-order valence-corrected chi connectivity index (χ1v) is 7.11. The molecule has 4 nitrogen and oxygen atoms in total. The third kappa shape index (κ3) is 4.07. The molecule has 0 fully saturated rings. The molecule has 0 bridgehead atoms. The number of halogens is 1. The first-order valence-electron chi connectivity index (χ1n) is 6.32. The molecule has 0 aliphatic rings. The van der Waals surface area contributed by atoms with Crippen molar-refractivity contribution >= 4 is 27.5 Å². The molecule has 106 valence electrons. The van der Waals surface area contributed by atoms with Crippen molar-refractivity contribution in [3.63, 3.8) is 0 Å². The molecule has 0 heterocycles. The van der Waals surface area contributed by atoms with Crippen molar-refractivity contribution in [1.29, 1.82) is 5.26 Å². The van der Waals surface area contributed by atoms with Crippen molar-refractivity contribution in [2.24, 2.45) is 0 Å². The lowest BCUT2D eigenvalue weighted by atomic mass is 10.2. The molecular weight excluding hydrogens is 332 g/mol. The number of anilines is 1. The van der Waals surface area contributed by atoms with E-state index in [0.717, 1.165) is 4.47 Å². The topological polar surface area (TPSA) is 62.1 Å². The molecule has 2 aromatic rings. The number of rotatable bonds is 4. The molecule has 2 rings (SSSR count). The fourth-order valence-corrected chi connectivity index (χ4v) is 2.12. The normalized spacial score (nSPS) is 11.3. The van der Waals surface area contributed by atoms with Gasteiger partial charge in [-0.2, -0.15) is 5.26 Å². The maximum atomic E-state index is 12.1. The molecule has 1 amide bonds.